The maximum absolute atomic E-state index is 10.9. The predicted molar refractivity (Wildman–Crippen MR) is 115 cm³/mol. The Balaban J connectivity index is 1.52. The fourth-order valence-corrected chi connectivity index (χ4v) is 3.56. The lowest BCUT2D eigenvalue weighted by molar-refractivity contribution is -0.384. The van der Waals surface area contributed by atoms with Gasteiger partial charge in [0, 0.05) is 28.9 Å². The normalized spacial score (nSPS) is 14.5. The highest BCUT2D eigenvalue weighted by atomic mass is 32.2. The number of nitro groups is 1. The lowest BCUT2D eigenvalue weighted by Gasteiger charge is -2.16. The van der Waals surface area contributed by atoms with E-state index in [2.05, 4.69) is 20.5 Å². The van der Waals surface area contributed by atoms with E-state index in [4.69, 9.17) is 9.15 Å². The molecular formula is C21H15N5O4S. The molecule has 1 N–H and O–H groups in total. The zero-order valence-electron chi connectivity index (χ0n) is 16.2. The summed E-state index contributed by atoms with van der Waals surface area (Å²) in [5.41, 5.74) is 2.93. The first kappa shape index (κ1) is 19.1. The van der Waals surface area contributed by atoms with Gasteiger partial charge in [-0.25, -0.2) is 0 Å². The molecule has 0 saturated carbocycles. The maximum atomic E-state index is 10.9. The van der Waals surface area contributed by atoms with Crippen LogP contribution in [-0.4, -0.2) is 26.4 Å². The molecule has 0 radical (unpaired) electrons. The van der Waals surface area contributed by atoms with Crippen LogP contribution in [0.1, 0.15) is 12.0 Å². The van der Waals surface area contributed by atoms with Gasteiger partial charge in [-0.3, -0.25) is 10.1 Å². The molecule has 4 aromatic rings. The molecule has 3 heterocycles. The van der Waals surface area contributed by atoms with E-state index in [1.165, 1.54) is 23.9 Å². The Kier molecular flexibility index (Phi) is 4.75. The van der Waals surface area contributed by atoms with Crippen LogP contribution in [0.2, 0.25) is 0 Å². The smallest absolute Gasteiger partial charge is 0.269 e. The van der Waals surface area contributed by atoms with E-state index in [1.54, 1.807) is 24.3 Å². The van der Waals surface area contributed by atoms with E-state index in [0.717, 1.165) is 16.8 Å². The number of hydrogen-bond acceptors (Lipinski definition) is 9. The summed E-state index contributed by atoms with van der Waals surface area (Å²) in [6.45, 7) is 0. The first-order chi connectivity index (χ1) is 15.1. The standard InChI is InChI=1S/C21H15N5O4S/c1-31-21-23-20-18(24-25-21)14-4-2-3-5-15(14)22-19(30-20)17-11-10-16(29-17)12-6-8-13(9-7-12)26(27)28/h2-11,19,22H,1H3/t19-/m1/s1. The molecule has 0 amide bonds. The van der Waals surface area contributed by atoms with Crippen molar-refractivity contribution >= 4 is 23.1 Å². The van der Waals surface area contributed by atoms with Crippen molar-refractivity contribution < 1.29 is 14.1 Å². The quantitative estimate of drug-likeness (QED) is 0.271. The van der Waals surface area contributed by atoms with Crippen LogP contribution in [0.15, 0.2) is 70.2 Å². The van der Waals surface area contributed by atoms with Crippen molar-refractivity contribution in [2.45, 2.75) is 11.4 Å². The number of ether oxygens (including phenoxy) is 1. The van der Waals surface area contributed by atoms with E-state index >= 15 is 0 Å². The Bertz CT molecular complexity index is 1280. The van der Waals surface area contributed by atoms with Gasteiger partial charge in [0.2, 0.25) is 17.3 Å². The largest absolute Gasteiger partial charge is 0.455 e. The Morgan fingerprint density at radius 3 is 2.65 bits per heavy atom. The van der Waals surface area contributed by atoms with Gasteiger partial charge < -0.3 is 14.5 Å². The lowest BCUT2D eigenvalue weighted by Crippen LogP contribution is -2.16. The summed E-state index contributed by atoms with van der Waals surface area (Å²) in [7, 11) is 0. The fraction of sp³-hybridized carbons (Fsp3) is 0.0952. The second-order valence-corrected chi connectivity index (χ2v) is 7.42. The van der Waals surface area contributed by atoms with Gasteiger partial charge in [0.15, 0.2) is 11.5 Å². The van der Waals surface area contributed by atoms with E-state index in [-0.39, 0.29) is 5.69 Å². The second kappa shape index (κ2) is 7.73. The molecule has 0 unspecified atom stereocenters. The third-order valence-corrected chi connectivity index (χ3v) is 5.30. The number of nitrogens with zero attached hydrogens (tertiary/aromatic N) is 4. The minimum Gasteiger partial charge on any atom is -0.455 e. The molecule has 5 rings (SSSR count). The molecule has 0 bridgehead atoms. The van der Waals surface area contributed by atoms with Crippen molar-refractivity contribution in [2.75, 3.05) is 11.6 Å². The van der Waals surface area contributed by atoms with Crippen LogP contribution in [0.3, 0.4) is 0 Å². The van der Waals surface area contributed by atoms with Gasteiger partial charge in [-0.2, -0.15) is 4.98 Å². The number of non-ortho nitro benzene ring substituents is 1. The highest BCUT2D eigenvalue weighted by Gasteiger charge is 2.28. The van der Waals surface area contributed by atoms with Crippen molar-refractivity contribution in [1.29, 1.82) is 0 Å². The molecule has 2 aromatic carbocycles. The SMILES string of the molecule is CSc1nnc2c(n1)O[C@H](c1ccc(-c3ccc([N+](=O)[O-])cc3)o1)Nc1ccccc1-2. The minimum atomic E-state index is -0.652. The summed E-state index contributed by atoms with van der Waals surface area (Å²) in [5.74, 6) is 1.45. The highest BCUT2D eigenvalue weighted by molar-refractivity contribution is 7.98. The number of benzene rings is 2. The molecule has 9 nitrogen and oxygen atoms in total. The van der Waals surface area contributed by atoms with Gasteiger partial charge in [-0.1, -0.05) is 30.0 Å². The summed E-state index contributed by atoms with van der Waals surface area (Å²) in [5, 5.41) is 23.2. The number of nitrogens with one attached hydrogen (secondary N) is 1. The summed E-state index contributed by atoms with van der Waals surface area (Å²) in [6, 6.07) is 17.4. The molecule has 0 fully saturated rings. The minimum absolute atomic E-state index is 0.0225. The third kappa shape index (κ3) is 3.57. The molecular weight excluding hydrogens is 418 g/mol. The Labute approximate surface area is 180 Å². The predicted octanol–water partition coefficient (Wildman–Crippen LogP) is 4.93. The van der Waals surface area contributed by atoms with Gasteiger partial charge in [-0.05, 0) is 36.6 Å². The number of aromatic nitrogens is 3. The molecule has 1 aliphatic rings. The average Bonchev–Trinajstić information content (AvgIpc) is 3.23. The van der Waals surface area contributed by atoms with Crippen molar-refractivity contribution in [2.24, 2.45) is 0 Å². The van der Waals surface area contributed by atoms with Crippen LogP contribution in [-0.2, 0) is 0 Å². The molecule has 1 aliphatic heterocycles. The summed E-state index contributed by atoms with van der Waals surface area (Å²) < 4.78 is 12.2. The number of nitro benzene ring substituents is 1. The molecule has 0 spiro atoms. The molecule has 0 saturated heterocycles. The van der Waals surface area contributed by atoms with Crippen LogP contribution in [0.5, 0.6) is 5.88 Å². The van der Waals surface area contributed by atoms with Gasteiger partial charge in [0.25, 0.3) is 5.69 Å². The molecule has 154 valence electrons. The fourth-order valence-electron chi connectivity index (χ4n) is 3.26. The Morgan fingerprint density at radius 1 is 1.06 bits per heavy atom. The van der Waals surface area contributed by atoms with E-state index in [1.807, 2.05) is 30.5 Å². The van der Waals surface area contributed by atoms with E-state index in [9.17, 15) is 10.1 Å². The van der Waals surface area contributed by atoms with Crippen molar-refractivity contribution in [1.82, 2.24) is 15.2 Å². The van der Waals surface area contributed by atoms with Gasteiger partial charge >= 0.3 is 0 Å². The Hall–Kier alpha value is -3.92. The highest BCUT2D eigenvalue weighted by Crippen LogP contribution is 2.40. The van der Waals surface area contributed by atoms with Crippen LogP contribution in [0, 0.1) is 10.1 Å². The van der Waals surface area contributed by atoms with E-state index in [0.29, 0.717) is 28.3 Å². The monoisotopic (exact) mass is 433 g/mol. The third-order valence-electron chi connectivity index (χ3n) is 4.76. The average molecular weight is 433 g/mol. The molecule has 31 heavy (non-hydrogen) atoms. The van der Waals surface area contributed by atoms with Crippen molar-refractivity contribution in [3.05, 3.63) is 76.5 Å². The number of para-hydroxylation sites is 1. The van der Waals surface area contributed by atoms with Crippen LogP contribution in [0.4, 0.5) is 11.4 Å². The number of rotatable bonds is 4. The first-order valence-electron chi connectivity index (χ1n) is 9.28. The van der Waals surface area contributed by atoms with Crippen molar-refractivity contribution in [3.8, 4) is 28.5 Å². The van der Waals surface area contributed by atoms with Gasteiger partial charge in [-0.15, -0.1) is 10.2 Å². The maximum Gasteiger partial charge on any atom is 0.269 e. The number of furan rings is 1. The van der Waals surface area contributed by atoms with Gasteiger partial charge in [0.05, 0.1) is 4.92 Å². The molecule has 10 heteroatoms. The zero-order chi connectivity index (χ0) is 21.4. The number of fused-ring (bicyclic) bond motifs is 3. The molecule has 0 aliphatic carbocycles. The lowest BCUT2D eigenvalue weighted by atomic mass is 10.1. The topological polar surface area (TPSA) is 116 Å². The van der Waals surface area contributed by atoms with Crippen LogP contribution >= 0.6 is 11.8 Å². The Morgan fingerprint density at radius 2 is 1.87 bits per heavy atom. The van der Waals surface area contributed by atoms with E-state index < -0.39 is 11.2 Å². The zero-order valence-corrected chi connectivity index (χ0v) is 17.0. The number of hydrogen-bond donors (Lipinski definition) is 1. The molecule has 2 aromatic heterocycles. The second-order valence-electron chi connectivity index (χ2n) is 6.65. The first-order valence-corrected chi connectivity index (χ1v) is 10.5. The summed E-state index contributed by atoms with van der Waals surface area (Å²) in [6.07, 6.45) is 1.22. The number of anilines is 1. The molecule has 1 atom stereocenters. The van der Waals surface area contributed by atoms with Gasteiger partial charge in [0.1, 0.15) is 5.76 Å². The number of thioether (sulfide) groups is 1. The van der Waals surface area contributed by atoms with Crippen LogP contribution < -0.4 is 10.1 Å². The summed E-state index contributed by atoms with van der Waals surface area (Å²) >= 11 is 1.37. The van der Waals surface area contributed by atoms with Crippen LogP contribution in [0.25, 0.3) is 22.6 Å². The summed E-state index contributed by atoms with van der Waals surface area (Å²) in [4.78, 5) is 14.9. The van der Waals surface area contributed by atoms with Crippen molar-refractivity contribution in [3.63, 3.8) is 0 Å².